The van der Waals surface area contributed by atoms with Gasteiger partial charge in [0.2, 0.25) is 0 Å². The Morgan fingerprint density at radius 3 is 2.94 bits per heavy atom. The summed E-state index contributed by atoms with van der Waals surface area (Å²) < 4.78 is 33.4. The van der Waals surface area contributed by atoms with Crippen LogP contribution in [0.5, 0.6) is 0 Å². The van der Waals surface area contributed by atoms with Crippen LogP contribution >= 0.6 is 30.3 Å². The van der Waals surface area contributed by atoms with Gasteiger partial charge in [-0.05, 0) is 16.0 Å². The SMILES string of the molecule is CC1CN(SI)CC(c2cnn(C(F)F)c2)O1. The average molecular weight is 375 g/mol. The lowest BCUT2D eigenvalue weighted by atomic mass is 10.1. The van der Waals surface area contributed by atoms with Crippen molar-refractivity contribution in [2.75, 3.05) is 13.1 Å². The van der Waals surface area contributed by atoms with Crippen LogP contribution in [0.2, 0.25) is 0 Å². The van der Waals surface area contributed by atoms with E-state index >= 15 is 0 Å². The molecule has 0 aliphatic carbocycles. The van der Waals surface area contributed by atoms with Crippen LogP contribution in [0.25, 0.3) is 0 Å². The molecule has 8 heteroatoms. The highest BCUT2D eigenvalue weighted by molar-refractivity contribution is 14.2. The predicted molar refractivity (Wildman–Crippen MR) is 70.0 cm³/mol. The molecule has 17 heavy (non-hydrogen) atoms. The van der Waals surface area contributed by atoms with Crippen molar-refractivity contribution < 1.29 is 13.5 Å². The maximum absolute atomic E-state index is 12.4. The number of aromatic nitrogens is 2. The Morgan fingerprint density at radius 1 is 1.59 bits per heavy atom. The molecule has 0 aromatic carbocycles. The molecule has 0 saturated carbocycles. The second kappa shape index (κ2) is 5.81. The van der Waals surface area contributed by atoms with E-state index in [1.807, 2.05) is 6.92 Å². The van der Waals surface area contributed by atoms with E-state index in [1.165, 1.54) is 12.4 Å². The minimum Gasteiger partial charge on any atom is -0.368 e. The average Bonchev–Trinajstić information content (AvgIpc) is 2.77. The molecule has 0 amide bonds. The van der Waals surface area contributed by atoms with Crippen LogP contribution in [0, 0.1) is 0 Å². The van der Waals surface area contributed by atoms with Crippen molar-refractivity contribution >= 4 is 30.3 Å². The monoisotopic (exact) mass is 375 g/mol. The maximum Gasteiger partial charge on any atom is 0.333 e. The van der Waals surface area contributed by atoms with E-state index in [9.17, 15) is 8.78 Å². The summed E-state index contributed by atoms with van der Waals surface area (Å²) in [6.45, 7) is 0.906. The van der Waals surface area contributed by atoms with Gasteiger partial charge in [0.05, 0.1) is 18.4 Å². The molecular weight excluding hydrogens is 363 g/mol. The summed E-state index contributed by atoms with van der Waals surface area (Å²) in [7, 11) is 1.61. The molecule has 2 unspecified atom stereocenters. The summed E-state index contributed by atoms with van der Waals surface area (Å²) >= 11 is 2.21. The highest BCUT2D eigenvalue weighted by Gasteiger charge is 2.27. The van der Waals surface area contributed by atoms with Crippen LogP contribution in [0.4, 0.5) is 8.78 Å². The summed E-state index contributed by atoms with van der Waals surface area (Å²) in [6, 6.07) is 0. The fourth-order valence-corrected chi connectivity index (χ4v) is 3.20. The third kappa shape index (κ3) is 3.30. The Hall–Kier alpha value is 0.0700. The molecule has 2 atom stereocenters. The number of alkyl halides is 2. The van der Waals surface area contributed by atoms with E-state index in [4.69, 9.17) is 4.74 Å². The molecule has 1 fully saturated rings. The number of nitrogens with zero attached hydrogens (tertiary/aromatic N) is 3. The summed E-state index contributed by atoms with van der Waals surface area (Å²) in [5.74, 6) is 0. The first kappa shape index (κ1) is 13.5. The quantitative estimate of drug-likeness (QED) is 0.600. The zero-order valence-corrected chi connectivity index (χ0v) is 12.1. The number of halogens is 3. The van der Waals surface area contributed by atoms with Crippen molar-refractivity contribution in [1.29, 1.82) is 0 Å². The Labute approximate surface area is 114 Å². The first-order chi connectivity index (χ1) is 8.10. The smallest absolute Gasteiger partial charge is 0.333 e. The van der Waals surface area contributed by atoms with Gasteiger partial charge in [0, 0.05) is 46.1 Å². The summed E-state index contributed by atoms with van der Waals surface area (Å²) in [5.41, 5.74) is 0.701. The Kier molecular flexibility index (Phi) is 4.61. The molecule has 1 aromatic rings. The minimum atomic E-state index is -2.60. The standard InChI is InChI=1S/C9H12F2IN3OS/c1-6-3-14(17-12)5-8(16-6)7-2-13-15(4-7)9(10)11/h2,4,6,8-9H,3,5H2,1H3. The lowest BCUT2D eigenvalue weighted by Crippen LogP contribution is -2.38. The summed E-state index contributed by atoms with van der Waals surface area (Å²) in [6.07, 6.45) is 2.70. The topological polar surface area (TPSA) is 30.3 Å². The molecule has 1 aliphatic rings. The normalized spacial score (nSPS) is 26.6. The number of morpholine rings is 1. The van der Waals surface area contributed by atoms with Gasteiger partial charge in [0.15, 0.2) is 0 Å². The summed E-state index contributed by atoms with van der Waals surface area (Å²) in [5, 5.41) is 3.63. The number of ether oxygens (including phenoxy) is 1. The largest absolute Gasteiger partial charge is 0.368 e. The third-order valence-corrected chi connectivity index (χ3v) is 4.68. The lowest BCUT2D eigenvalue weighted by Gasteiger charge is -2.34. The van der Waals surface area contributed by atoms with Gasteiger partial charge in [-0.3, -0.25) is 0 Å². The van der Waals surface area contributed by atoms with E-state index in [0.717, 1.165) is 6.54 Å². The molecule has 0 spiro atoms. The van der Waals surface area contributed by atoms with Crippen molar-refractivity contribution in [2.24, 2.45) is 0 Å². The zero-order chi connectivity index (χ0) is 12.4. The number of hydrogen-bond donors (Lipinski definition) is 0. The fraction of sp³-hybridized carbons (Fsp3) is 0.667. The van der Waals surface area contributed by atoms with Gasteiger partial charge in [0.25, 0.3) is 0 Å². The van der Waals surface area contributed by atoms with Crippen molar-refractivity contribution in [2.45, 2.75) is 25.7 Å². The van der Waals surface area contributed by atoms with E-state index in [-0.39, 0.29) is 12.2 Å². The Bertz CT molecular complexity index is 379. The lowest BCUT2D eigenvalue weighted by molar-refractivity contribution is -0.0528. The second-order valence-electron chi connectivity index (χ2n) is 3.88. The predicted octanol–water partition coefficient (Wildman–Crippen LogP) is 3.04. The van der Waals surface area contributed by atoms with Crippen molar-refractivity contribution in [3.05, 3.63) is 18.0 Å². The van der Waals surface area contributed by atoms with Gasteiger partial charge in [0.1, 0.15) is 0 Å². The molecule has 2 rings (SSSR count). The van der Waals surface area contributed by atoms with Crippen molar-refractivity contribution in [3.63, 3.8) is 0 Å². The van der Waals surface area contributed by atoms with Gasteiger partial charge in [-0.1, -0.05) is 0 Å². The van der Waals surface area contributed by atoms with Crippen LogP contribution in [-0.2, 0) is 4.74 Å². The first-order valence-corrected chi connectivity index (χ1v) is 8.43. The van der Waals surface area contributed by atoms with Crippen LogP contribution < -0.4 is 0 Å². The van der Waals surface area contributed by atoms with E-state index < -0.39 is 6.55 Å². The molecule has 0 radical (unpaired) electrons. The second-order valence-corrected chi connectivity index (χ2v) is 5.72. The first-order valence-electron chi connectivity index (χ1n) is 5.11. The highest BCUT2D eigenvalue weighted by Crippen LogP contribution is 2.31. The van der Waals surface area contributed by atoms with Crippen LogP contribution in [0.15, 0.2) is 12.4 Å². The highest BCUT2D eigenvalue weighted by atomic mass is 127. The molecular formula is C9H12F2IN3OS. The Morgan fingerprint density at radius 2 is 2.35 bits per heavy atom. The van der Waals surface area contributed by atoms with E-state index in [2.05, 4.69) is 30.6 Å². The van der Waals surface area contributed by atoms with Gasteiger partial charge in [-0.25, -0.2) is 8.99 Å². The van der Waals surface area contributed by atoms with Gasteiger partial charge in [-0.15, -0.1) is 0 Å². The molecule has 2 heterocycles. The molecule has 4 nitrogen and oxygen atoms in total. The van der Waals surface area contributed by atoms with E-state index in [1.54, 1.807) is 9.12 Å². The van der Waals surface area contributed by atoms with Gasteiger partial charge in [-0.2, -0.15) is 13.9 Å². The Balaban J connectivity index is 2.09. The van der Waals surface area contributed by atoms with Crippen LogP contribution in [0.3, 0.4) is 0 Å². The molecule has 0 bridgehead atoms. The van der Waals surface area contributed by atoms with Crippen molar-refractivity contribution in [1.82, 2.24) is 14.1 Å². The molecule has 1 aromatic heterocycles. The number of hydrogen-bond acceptors (Lipinski definition) is 4. The van der Waals surface area contributed by atoms with Crippen LogP contribution in [-0.4, -0.2) is 33.3 Å². The van der Waals surface area contributed by atoms with E-state index in [0.29, 0.717) is 16.8 Å². The maximum atomic E-state index is 12.4. The molecule has 1 aliphatic heterocycles. The summed E-state index contributed by atoms with van der Waals surface area (Å²) in [4.78, 5) is 0. The third-order valence-electron chi connectivity index (χ3n) is 2.52. The molecule has 96 valence electrons. The molecule has 0 N–H and O–H groups in total. The van der Waals surface area contributed by atoms with Crippen molar-refractivity contribution in [3.8, 4) is 0 Å². The molecule has 1 saturated heterocycles. The van der Waals surface area contributed by atoms with Crippen LogP contribution in [0.1, 0.15) is 25.1 Å². The van der Waals surface area contributed by atoms with Gasteiger partial charge < -0.3 is 4.74 Å². The zero-order valence-electron chi connectivity index (χ0n) is 9.09. The minimum absolute atomic E-state index is 0.0888. The number of rotatable bonds is 3. The fourth-order valence-electron chi connectivity index (χ4n) is 1.78. The van der Waals surface area contributed by atoms with Gasteiger partial charge >= 0.3 is 6.55 Å².